The predicted molar refractivity (Wildman–Crippen MR) is 111 cm³/mol. The molecule has 2 aliphatic heterocycles. The number of ether oxygens (including phenoxy) is 1. The first-order chi connectivity index (χ1) is 13.8. The molecule has 1 amide bonds. The molecule has 0 aliphatic carbocycles. The Balaban J connectivity index is 1.78. The lowest BCUT2D eigenvalue weighted by molar-refractivity contribution is -0.130. The van der Waals surface area contributed by atoms with Gasteiger partial charge in [0.1, 0.15) is 17.1 Å². The van der Waals surface area contributed by atoms with Crippen LogP contribution in [0.3, 0.4) is 0 Å². The normalized spacial score (nSPS) is 21.2. The molecule has 0 bridgehead atoms. The molecule has 4 rings (SSSR count). The summed E-state index contributed by atoms with van der Waals surface area (Å²) in [4.78, 5) is 23.9. The Morgan fingerprint density at radius 3 is 2.69 bits per heavy atom. The van der Waals surface area contributed by atoms with Gasteiger partial charge in [-0.15, -0.1) is 0 Å². The molecule has 29 heavy (non-hydrogen) atoms. The molecule has 0 N–H and O–H groups in total. The zero-order valence-electron chi connectivity index (χ0n) is 17.4. The van der Waals surface area contributed by atoms with Gasteiger partial charge in [0, 0.05) is 24.8 Å². The van der Waals surface area contributed by atoms with Gasteiger partial charge in [0.2, 0.25) is 5.91 Å². The lowest BCUT2D eigenvalue weighted by atomic mass is 9.94. The maximum absolute atomic E-state index is 14.7. The molecule has 1 aromatic heterocycles. The van der Waals surface area contributed by atoms with Gasteiger partial charge in [-0.1, -0.05) is 0 Å². The third kappa shape index (κ3) is 3.30. The number of carbonyl (C=O) groups excluding carboxylic acids is 1. The zero-order valence-corrected chi connectivity index (χ0v) is 17.4. The number of rotatable bonds is 4. The van der Waals surface area contributed by atoms with Crippen LogP contribution >= 0.6 is 0 Å². The van der Waals surface area contributed by atoms with E-state index in [2.05, 4.69) is 0 Å². The molecule has 1 aromatic carbocycles. The van der Waals surface area contributed by atoms with Crippen molar-refractivity contribution in [3.63, 3.8) is 0 Å². The Bertz CT molecular complexity index is 1020. The maximum atomic E-state index is 14.7. The monoisotopic (exact) mass is 395 g/mol. The average Bonchev–Trinajstić information content (AvgIpc) is 3.26. The van der Waals surface area contributed by atoms with E-state index in [0.29, 0.717) is 30.8 Å². The molecule has 5 nitrogen and oxygen atoms in total. The smallest absolute Gasteiger partial charge is 0.250 e. The molecule has 1 unspecified atom stereocenters. The molecule has 6 heteroatoms. The first-order valence-corrected chi connectivity index (χ1v) is 10.1. The van der Waals surface area contributed by atoms with E-state index < -0.39 is 5.54 Å². The van der Waals surface area contributed by atoms with E-state index in [9.17, 15) is 9.18 Å². The van der Waals surface area contributed by atoms with Crippen LogP contribution in [-0.2, 0) is 4.79 Å². The highest BCUT2D eigenvalue weighted by atomic mass is 19.1. The second-order valence-electron chi connectivity index (χ2n) is 7.91. The average molecular weight is 395 g/mol. The number of aliphatic imine (C=N–C) groups is 1. The van der Waals surface area contributed by atoms with Crippen molar-refractivity contribution in [1.82, 2.24) is 9.88 Å². The second-order valence-corrected chi connectivity index (χ2v) is 7.91. The molecule has 2 aliphatic rings. The topological polar surface area (TPSA) is 54.8 Å². The van der Waals surface area contributed by atoms with E-state index in [1.54, 1.807) is 17.0 Å². The summed E-state index contributed by atoms with van der Waals surface area (Å²) in [5.74, 6) is 0.425. The van der Waals surface area contributed by atoms with Crippen LogP contribution in [0.5, 0.6) is 5.75 Å². The molecular weight excluding hydrogens is 369 g/mol. The van der Waals surface area contributed by atoms with Crippen LogP contribution in [0.4, 0.5) is 4.39 Å². The van der Waals surface area contributed by atoms with Gasteiger partial charge in [-0.05, 0) is 75.4 Å². The van der Waals surface area contributed by atoms with Gasteiger partial charge < -0.3 is 9.64 Å². The summed E-state index contributed by atoms with van der Waals surface area (Å²) < 4.78 is 20.3. The van der Waals surface area contributed by atoms with Gasteiger partial charge in [-0.3, -0.25) is 14.8 Å². The van der Waals surface area contributed by atoms with E-state index in [-0.39, 0.29) is 11.7 Å². The lowest BCUT2D eigenvalue weighted by Gasteiger charge is -2.17. The summed E-state index contributed by atoms with van der Waals surface area (Å²) in [7, 11) is 1.82. The fourth-order valence-corrected chi connectivity index (χ4v) is 4.26. The number of hydrogen-bond donors (Lipinski definition) is 0. The number of nitrogens with zero attached hydrogens (tertiary/aromatic N) is 3. The van der Waals surface area contributed by atoms with Crippen LogP contribution in [0.2, 0.25) is 0 Å². The third-order valence-electron chi connectivity index (χ3n) is 6.08. The molecule has 0 radical (unpaired) electrons. The Labute approximate surface area is 170 Å². The number of halogens is 1. The number of carbonyl (C=O) groups is 1. The summed E-state index contributed by atoms with van der Waals surface area (Å²) in [6.45, 7) is 7.02. The number of amides is 1. The van der Waals surface area contributed by atoms with Crippen molar-refractivity contribution < 1.29 is 13.9 Å². The Kier molecular flexibility index (Phi) is 4.89. The highest BCUT2D eigenvalue weighted by Crippen LogP contribution is 2.38. The number of likely N-dealkylation sites (N-methyl/N-ethyl adjacent to an activating group) is 1. The number of aryl methyl sites for hydroxylation is 1. The quantitative estimate of drug-likeness (QED) is 0.784. The third-order valence-corrected chi connectivity index (χ3v) is 6.08. The van der Waals surface area contributed by atoms with E-state index >= 15 is 0 Å². The van der Waals surface area contributed by atoms with Crippen LogP contribution < -0.4 is 4.74 Å². The van der Waals surface area contributed by atoms with Gasteiger partial charge in [0.25, 0.3) is 0 Å². The number of pyridine rings is 1. The molecule has 1 spiro atoms. The van der Waals surface area contributed by atoms with Crippen molar-refractivity contribution in [2.75, 3.05) is 20.2 Å². The van der Waals surface area contributed by atoms with Crippen LogP contribution in [0.1, 0.15) is 43.1 Å². The number of aromatic nitrogens is 1. The van der Waals surface area contributed by atoms with Crippen LogP contribution in [0.25, 0.3) is 11.1 Å². The predicted octanol–water partition coefficient (Wildman–Crippen LogP) is 4.09. The highest BCUT2D eigenvalue weighted by molar-refractivity contribution is 6.05. The molecule has 0 saturated carbocycles. The lowest BCUT2D eigenvalue weighted by Crippen LogP contribution is -2.35. The van der Waals surface area contributed by atoms with Crippen molar-refractivity contribution in [2.45, 2.75) is 45.6 Å². The first kappa shape index (κ1) is 19.6. The Hall–Kier alpha value is -2.76. The van der Waals surface area contributed by atoms with Crippen LogP contribution in [-0.4, -0.2) is 47.2 Å². The molecular formula is C23H26FN3O2. The van der Waals surface area contributed by atoms with E-state index in [0.717, 1.165) is 41.2 Å². The van der Waals surface area contributed by atoms with Crippen molar-refractivity contribution in [3.8, 4) is 16.9 Å². The van der Waals surface area contributed by atoms with Crippen LogP contribution in [0.15, 0.2) is 29.3 Å². The summed E-state index contributed by atoms with van der Waals surface area (Å²) in [5.41, 5.74) is 3.95. The van der Waals surface area contributed by atoms with E-state index in [4.69, 9.17) is 14.7 Å². The van der Waals surface area contributed by atoms with Gasteiger partial charge in [-0.25, -0.2) is 4.39 Å². The van der Waals surface area contributed by atoms with Gasteiger partial charge in [-0.2, -0.15) is 0 Å². The molecule has 2 aromatic rings. The largest absolute Gasteiger partial charge is 0.494 e. The number of likely N-dealkylation sites (tertiary alicyclic amines) is 1. The van der Waals surface area contributed by atoms with Gasteiger partial charge >= 0.3 is 0 Å². The summed E-state index contributed by atoms with van der Waals surface area (Å²) in [6, 6.07) is 6.71. The molecule has 3 heterocycles. The number of hydrogen-bond acceptors (Lipinski definition) is 4. The van der Waals surface area contributed by atoms with Crippen molar-refractivity contribution in [3.05, 3.63) is 47.0 Å². The fraction of sp³-hybridized carbons (Fsp3) is 0.435. The minimum absolute atomic E-state index is 0.0898. The van der Waals surface area contributed by atoms with Gasteiger partial charge in [0.05, 0.1) is 18.0 Å². The van der Waals surface area contributed by atoms with Gasteiger partial charge in [0.15, 0.2) is 0 Å². The second kappa shape index (κ2) is 7.25. The van der Waals surface area contributed by atoms with E-state index in [1.165, 1.54) is 6.07 Å². The molecule has 1 fully saturated rings. The summed E-state index contributed by atoms with van der Waals surface area (Å²) >= 11 is 0. The van der Waals surface area contributed by atoms with Crippen LogP contribution in [0, 0.1) is 19.7 Å². The summed E-state index contributed by atoms with van der Waals surface area (Å²) in [5, 5.41) is 0. The Morgan fingerprint density at radius 2 is 2.00 bits per heavy atom. The highest BCUT2D eigenvalue weighted by Gasteiger charge is 2.48. The number of benzene rings is 1. The minimum Gasteiger partial charge on any atom is -0.494 e. The van der Waals surface area contributed by atoms with Crippen molar-refractivity contribution in [1.29, 1.82) is 0 Å². The molecule has 152 valence electrons. The van der Waals surface area contributed by atoms with Crippen molar-refractivity contribution in [2.24, 2.45) is 4.99 Å². The summed E-state index contributed by atoms with van der Waals surface area (Å²) in [6.07, 6.45) is 2.16. The maximum Gasteiger partial charge on any atom is 0.250 e. The van der Waals surface area contributed by atoms with Crippen molar-refractivity contribution >= 4 is 11.6 Å². The fourth-order valence-electron chi connectivity index (χ4n) is 4.26. The first-order valence-electron chi connectivity index (χ1n) is 10.1. The standard InChI is InChI=1S/C23H26FN3O2/c1-5-29-16-6-7-19(24)18(12-16)17-13-21(25-15(3)14(17)2)20-8-9-23(26-20)10-11-27(4)22(23)28/h6-7,12-13H,5,8-11H2,1-4H3. The molecule has 1 atom stereocenters. The zero-order chi connectivity index (χ0) is 20.8. The SMILES string of the molecule is CCOc1ccc(F)c(-c2cc(C3=NC4(CC3)CCN(C)C4=O)nc(C)c2C)c1. The minimum atomic E-state index is -0.634. The van der Waals surface area contributed by atoms with E-state index in [1.807, 2.05) is 33.9 Å². The Morgan fingerprint density at radius 1 is 1.21 bits per heavy atom. The molecule has 1 saturated heterocycles.